The van der Waals surface area contributed by atoms with Gasteiger partial charge in [0.05, 0.1) is 25.0 Å². The first kappa shape index (κ1) is 24.6. The van der Waals surface area contributed by atoms with Crippen LogP contribution in [-0.2, 0) is 4.74 Å². The summed E-state index contributed by atoms with van der Waals surface area (Å²) in [5.41, 5.74) is 1.91. The normalized spacial score (nSPS) is 14.2. The highest BCUT2D eigenvalue weighted by Gasteiger charge is 2.21. The molecule has 4 rings (SSSR count). The average Bonchev–Trinajstić information content (AvgIpc) is 3.42. The Balaban J connectivity index is 1.15. The Hall–Kier alpha value is -3.53. The summed E-state index contributed by atoms with van der Waals surface area (Å²) in [5.74, 6) is 0.759. The van der Waals surface area contributed by atoms with Gasteiger partial charge in [-0.15, -0.1) is 0 Å². The predicted octanol–water partition coefficient (Wildman–Crippen LogP) is 3.46. The van der Waals surface area contributed by atoms with Crippen LogP contribution in [0.2, 0.25) is 0 Å². The van der Waals surface area contributed by atoms with E-state index in [0.29, 0.717) is 31.4 Å². The lowest BCUT2D eigenvalue weighted by atomic mass is 9.92. The summed E-state index contributed by atoms with van der Waals surface area (Å²) in [6, 6.07) is 4.35. The minimum atomic E-state index is -0.593. The zero-order chi connectivity index (χ0) is 24.5. The van der Waals surface area contributed by atoms with E-state index in [1.165, 1.54) is 12.1 Å². The van der Waals surface area contributed by atoms with Gasteiger partial charge in [-0.05, 0) is 43.7 Å². The molecule has 0 radical (unpaired) electrons. The van der Waals surface area contributed by atoms with Crippen molar-refractivity contribution in [2.24, 2.45) is 5.92 Å². The van der Waals surface area contributed by atoms with Crippen molar-refractivity contribution < 1.29 is 18.7 Å². The van der Waals surface area contributed by atoms with Crippen molar-refractivity contribution in [1.29, 1.82) is 0 Å². The lowest BCUT2D eigenvalue weighted by molar-refractivity contribution is 0.0933. The second kappa shape index (κ2) is 12.3. The average molecular weight is 483 g/mol. The van der Waals surface area contributed by atoms with E-state index in [1.807, 2.05) is 18.6 Å². The van der Waals surface area contributed by atoms with Gasteiger partial charge in [0.2, 0.25) is 5.95 Å². The number of hydrogen-bond donors (Lipinski definition) is 2. The number of benzene rings is 1. The third-order valence-electron chi connectivity index (χ3n) is 6.17. The quantitative estimate of drug-likeness (QED) is 0.403. The topological polar surface area (TPSA) is 105 Å². The number of halogens is 1. The van der Waals surface area contributed by atoms with Crippen molar-refractivity contribution in [2.45, 2.75) is 25.7 Å². The monoisotopic (exact) mass is 482 g/mol. The van der Waals surface area contributed by atoms with Gasteiger partial charge in [0.25, 0.3) is 5.91 Å². The predicted molar refractivity (Wildman–Crippen MR) is 130 cm³/mol. The third-order valence-corrected chi connectivity index (χ3v) is 6.17. The molecule has 1 amide bonds. The minimum Gasteiger partial charge on any atom is -0.493 e. The molecule has 186 valence electrons. The van der Waals surface area contributed by atoms with Crippen molar-refractivity contribution in [3.05, 3.63) is 54.4 Å². The van der Waals surface area contributed by atoms with Crippen molar-refractivity contribution in [1.82, 2.24) is 25.5 Å². The fraction of sp³-hybridized carbons (Fsp3) is 0.440. The molecule has 1 aliphatic heterocycles. The minimum absolute atomic E-state index is 0.000288. The maximum Gasteiger partial charge on any atom is 0.254 e. The van der Waals surface area contributed by atoms with Crippen LogP contribution < -0.4 is 15.0 Å². The number of piperidine rings is 1. The molecule has 2 aromatic heterocycles. The number of hydrogen-bond acceptors (Lipinski definition) is 7. The molecule has 35 heavy (non-hydrogen) atoms. The van der Waals surface area contributed by atoms with Gasteiger partial charge in [-0.1, -0.05) is 0 Å². The van der Waals surface area contributed by atoms with Crippen molar-refractivity contribution in [3.63, 3.8) is 0 Å². The van der Waals surface area contributed by atoms with Gasteiger partial charge in [-0.25, -0.2) is 14.4 Å². The van der Waals surface area contributed by atoms with Gasteiger partial charge in [0.15, 0.2) is 0 Å². The van der Waals surface area contributed by atoms with E-state index >= 15 is 0 Å². The van der Waals surface area contributed by atoms with Crippen LogP contribution in [0.5, 0.6) is 5.75 Å². The molecular formula is C25H31FN6O3. The Labute approximate surface area is 204 Å². The van der Waals surface area contributed by atoms with E-state index in [2.05, 4.69) is 30.4 Å². The lowest BCUT2D eigenvalue weighted by Crippen LogP contribution is -2.34. The number of ether oxygens (including phenoxy) is 2. The molecule has 1 saturated heterocycles. The van der Waals surface area contributed by atoms with Crippen LogP contribution in [0.15, 0.2) is 43.0 Å². The summed E-state index contributed by atoms with van der Waals surface area (Å²) >= 11 is 0. The van der Waals surface area contributed by atoms with Crippen LogP contribution in [0.25, 0.3) is 11.1 Å². The molecule has 1 aliphatic rings. The first-order chi connectivity index (χ1) is 17.1. The fourth-order valence-electron chi connectivity index (χ4n) is 4.16. The van der Waals surface area contributed by atoms with Gasteiger partial charge in [0.1, 0.15) is 11.6 Å². The van der Waals surface area contributed by atoms with Crippen LogP contribution in [0.3, 0.4) is 0 Å². The second-order valence-corrected chi connectivity index (χ2v) is 8.57. The van der Waals surface area contributed by atoms with E-state index in [-0.39, 0.29) is 5.56 Å². The summed E-state index contributed by atoms with van der Waals surface area (Å²) in [6.07, 6.45) is 11.3. The molecule has 1 fully saturated rings. The standard InChI is InChI=1S/C25H31FN6O3/c1-34-12-8-27-24(33)22-5-4-21(13-23(22)26)35-11-2-3-18-6-9-32(10-7-18)25-28-14-19(15-29-25)20-16-30-31-17-20/h4-5,13-18H,2-3,6-12H2,1H3,(H,27,33)(H,30,31). The molecule has 0 bridgehead atoms. The largest absolute Gasteiger partial charge is 0.493 e. The van der Waals surface area contributed by atoms with Gasteiger partial charge in [-0.2, -0.15) is 5.10 Å². The number of amides is 1. The van der Waals surface area contributed by atoms with E-state index < -0.39 is 11.7 Å². The number of carbonyl (C=O) groups is 1. The summed E-state index contributed by atoms with van der Waals surface area (Å²) in [7, 11) is 1.54. The number of rotatable bonds is 11. The third kappa shape index (κ3) is 6.75. The molecule has 0 aliphatic carbocycles. The summed E-state index contributed by atoms with van der Waals surface area (Å²) in [4.78, 5) is 23.3. The molecule has 0 saturated carbocycles. The Kier molecular flexibility index (Phi) is 8.61. The van der Waals surface area contributed by atoms with Gasteiger partial charge in [-0.3, -0.25) is 9.89 Å². The van der Waals surface area contributed by atoms with Crippen LogP contribution in [-0.4, -0.2) is 66.0 Å². The number of aromatic amines is 1. The van der Waals surface area contributed by atoms with E-state index in [4.69, 9.17) is 9.47 Å². The summed E-state index contributed by atoms with van der Waals surface area (Å²) < 4.78 is 24.9. The number of nitrogens with one attached hydrogen (secondary N) is 2. The fourth-order valence-corrected chi connectivity index (χ4v) is 4.16. The Morgan fingerprint density at radius 2 is 1.97 bits per heavy atom. The highest BCUT2D eigenvalue weighted by Crippen LogP contribution is 2.25. The second-order valence-electron chi connectivity index (χ2n) is 8.57. The van der Waals surface area contributed by atoms with Gasteiger partial charge >= 0.3 is 0 Å². The molecule has 0 spiro atoms. The van der Waals surface area contributed by atoms with E-state index in [1.54, 1.807) is 19.4 Å². The maximum atomic E-state index is 14.3. The number of H-pyrrole nitrogens is 1. The zero-order valence-electron chi connectivity index (χ0n) is 19.9. The van der Waals surface area contributed by atoms with Gasteiger partial charge in [0, 0.05) is 62.5 Å². The van der Waals surface area contributed by atoms with Crippen LogP contribution in [0.1, 0.15) is 36.0 Å². The molecule has 3 heterocycles. The zero-order valence-corrected chi connectivity index (χ0v) is 19.9. The van der Waals surface area contributed by atoms with Crippen LogP contribution in [0, 0.1) is 11.7 Å². The molecular weight excluding hydrogens is 451 g/mol. The van der Waals surface area contributed by atoms with Crippen molar-refractivity contribution in [2.75, 3.05) is 44.9 Å². The van der Waals surface area contributed by atoms with Crippen molar-refractivity contribution in [3.8, 4) is 16.9 Å². The van der Waals surface area contributed by atoms with Crippen LogP contribution in [0.4, 0.5) is 10.3 Å². The van der Waals surface area contributed by atoms with Crippen molar-refractivity contribution >= 4 is 11.9 Å². The molecule has 1 aromatic carbocycles. The van der Waals surface area contributed by atoms with E-state index in [9.17, 15) is 9.18 Å². The Bertz CT molecular complexity index is 1070. The molecule has 0 unspecified atom stereocenters. The highest BCUT2D eigenvalue weighted by atomic mass is 19.1. The van der Waals surface area contributed by atoms with E-state index in [0.717, 1.165) is 55.8 Å². The molecule has 2 N–H and O–H groups in total. The lowest BCUT2D eigenvalue weighted by Gasteiger charge is -2.32. The maximum absolute atomic E-state index is 14.3. The smallest absolute Gasteiger partial charge is 0.254 e. The number of aromatic nitrogens is 4. The summed E-state index contributed by atoms with van der Waals surface area (Å²) in [6.45, 7) is 3.07. The summed E-state index contributed by atoms with van der Waals surface area (Å²) in [5, 5.41) is 9.37. The first-order valence-corrected chi connectivity index (χ1v) is 11.9. The molecule has 0 atom stereocenters. The molecule has 10 heteroatoms. The highest BCUT2D eigenvalue weighted by molar-refractivity contribution is 5.94. The molecule has 3 aromatic rings. The Morgan fingerprint density at radius 3 is 2.66 bits per heavy atom. The van der Waals surface area contributed by atoms with Gasteiger partial charge < -0.3 is 19.7 Å². The molecule has 9 nitrogen and oxygen atoms in total. The number of methoxy groups -OCH3 is 1. The first-order valence-electron chi connectivity index (χ1n) is 11.9. The van der Waals surface area contributed by atoms with Crippen LogP contribution >= 0.6 is 0 Å². The number of nitrogens with zero attached hydrogens (tertiary/aromatic N) is 4. The number of anilines is 1. The SMILES string of the molecule is COCCNC(=O)c1ccc(OCCCC2CCN(c3ncc(-c4cn[nH]c4)cn3)CC2)cc1F. The Morgan fingerprint density at radius 1 is 1.17 bits per heavy atom. The number of carbonyl (C=O) groups excluding carboxylic acids is 1.